The standard InChI is InChI=1S/C28H26BClN2O4/c1-14-10-20(28-21(11-14)26(33)15(2)27(36-28)17-4-5-17)16(3)31-23-8-9-24(30)32-25(23)18-6-7-22-19(12-18)13-35-29(22)34/h6-12,16-17,31,34H,4-5,13H2,1-3H3. The molecule has 1 fully saturated rings. The molecule has 0 bridgehead atoms. The fraction of sp³-hybridized carbons (Fsp3) is 0.286. The van der Waals surface area contributed by atoms with E-state index < -0.39 is 7.12 Å². The first-order chi connectivity index (χ1) is 17.3. The lowest BCUT2D eigenvalue weighted by molar-refractivity contribution is 0.275. The van der Waals surface area contributed by atoms with Crippen LogP contribution in [-0.2, 0) is 11.3 Å². The summed E-state index contributed by atoms with van der Waals surface area (Å²) in [6.45, 7) is 6.27. The van der Waals surface area contributed by atoms with Crippen LogP contribution in [0.4, 0.5) is 5.69 Å². The maximum Gasteiger partial charge on any atom is 0.491 e. The molecule has 1 aliphatic heterocycles. The fourth-order valence-corrected chi connectivity index (χ4v) is 5.25. The first kappa shape index (κ1) is 23.3. The summed E-state index contributed by atoms with van der Waals surface area (Å²) in [5.41, 5.74) is 7.41. The Balaban J connectivity index is 1.42. The first-order valence-corrected chi connectivity index (χ1v) is 12.6. The van der Waals surface area contributed by atoms with Gasteiger partial charge in [-0.3, -0.25) is 4.79 Å². The van der Waals surface area contributed by atoms with Gasteiger partial charge in [-0.05, 0) is 74.5 Å². The van der Waals surface area contributed by atoms with Crippen LogP contribution in [0.3, 0.4) is 0 Å². The number of anilines is 1. The molecule has 0 spiro atoms. The summed E-state index contributed by atoms with van der Waals surface area (Å²) >= 11 is 6.29. The van der Waals surface area contributed by atoms with E-state index in [1.807, 2.05) is 44.2 Å². The van der Waals surface area contributed by atoms with Crippen LogP contribution in [0.15, 0.2) is 51.7 Å². The number of halogens is 1. The predicted molar refractivity (Wildman–Crippen MR) is 143 cm³/mol. The minimum atomic E-state index is -0.896. The number of fused-ring (bicyclic) bond motifs is 2. The van der Waals surface area contributed by atoms with Crippen molar-refractivity contribution in [3.63, 3.8) is 0 Å². The molecule has 0 amide bonds. The highest BCUT2D eigenvalue weighted by Crippen LogP contribution is 2.42. The second-order valence-corrected chi connectivity index (χ2v) is 10.3. The van der Waals surface area contributed by atoms with Gasteiger partial charge in [-0.1, -0.05) is 29.8 Å². The highest BCUT2D eigenvalue weighted by molar-refractivity contribution is 6.61. The van der Waals surface area contributed by atoms with Crippen molar-refractivity contribution >= 4 is 40.8 Å². The molecule has 182 valence electrons. The highest BCUT2D eigenvalue weighted by Gasteiger charge is 2.31. The van der Waals surface area contributed by atoms with Crippen LogP contribution >= 0.6 is 11.6 Å². The van der Waals surface area contributed by atoms with Gasteiger partial charge < -0.3 is 19.4 Å². The Kier molecular flexibility index (Phi) is 5.67. The largest absolute Gasteiger partial charge is 0.491 e. The lowest BCUT2D eigenvalue weighted by Crippen LogP contribution is -2.27. The summed E-state index contributed by atoms with van der Waals surface area (Å²) in [5.74, 6) is 1.16. The van der Waals surface area contributed by atoms with E-state index in [-0.39, 0.29) is 11.5 Å². The number of nitrogens with one attached hydrogen (secondary N) is 1. The molecule has 6 rings (SSSR count). The zero-order chi connectivity index (χ0) is 25.1. The van der Waals surface area contributed by atoms with E-state index in [1.54, 1.807) is 6.07 Å². The van der Waals surface area contributed by atoms with Crippen LogP contribution in [0.5, 0.6) is 0 Å². The van der Waals surface area contributed by atoms with E-state index in [0.717, 1.165) is 57.6 Å². The Bertz CT molecular complexity index is 1580. The molecule has 36 heavy (non-hydrogen) atoms. The molecule has 2 aliphatic rings. The molecule has 1 aliphatic carbocycles. The third kappa shape index (κ3) is 4.01. The topological polar surface area (TPSA) is 84.6 Å². The second-order valence-electron chi connectivity index (χ2n) is 9.90. The van der Waals surface area contributed by atoms with E-state index in [0.29, 0.717) is 34.3 Å². The Morgan fingerprint density at radius 1 is 1.17 bits per heavy atom. The molecule has 3 heterocycles. The van der Waals surface area contributed by atoms with Crippen molar-refractivity contribution in [2.24, 2.45) is 0 Å². The molecular formula is C28H26BClN2O4. The number of benzene rings is 2. The molecule has 1 atom stereocenters. The average Bonchev–Trinajstić information content (AvgIpc) is 3.64. The lowest BCUT2D eigenvalue weighted by Gasteiger charge is -2.20. The normalized spacial score (nSPS) is 15.9. The van der Waals surface area contributed by atoms with Gasteiger partial charge in [0, 0.05) is 22.6 Å². The minimum absolute atomic E-state index is 0.0479. The number of aromatic nitrogens is 1. The van der Waals surface area contributed by atoms with Gasteiger partial charge in [0.1, 0.15) is 16.5 Å². The molecule has 8 heteroatoms. The molecule has 2 aromatic carbocycles. The molecule has 0 saturated heterocycles. The Labute approximate surface area is 214 Å². The Hall–Kier alpha value is -3.13. The summed E-state index contributed by atoms with van der Waals surface area (Å²) in [7, 11) is -0.896. The van der Waals surface area contributed by atoms with E-state index in [4.69, 9.17) is 20.7 Å². The van der Waals surface area contributed by atoms with Gasteiger partial charge in [-0.25, -0.2) is 4.98 Å². The highest BCUT2D eigenvalue weighted by atomic mass is 35.5. The van der Waals surface area contributed by atoms with E-state index in [9.17, 15) is 9.82 Å². The summed E-state index contributed by atoms with van der Waals surface area (Å²) in [6, 6.07) is 13.2. The van der Waals surface area contributed by atoms with Crippen molar-refractivity contribution in [1.29, 1.82) is 0 Å². The Morgan fingerprint density at radius 3 is 2.75 bits per heavy atom. The number of aryl methyl sites for hydroxylation is 1. The zero-order valence-electron chi connectivity index (χ0n) is 20.4. The van der Waals surface area contributed by atoms with Crippen molar-refractivity contribution in [2.45, 2.75) is 52.2 Å². The fourth-order valence-electron chi connectivity index (χ4n) is 5.10. The van der Waals surface area contributed by atoms with Gasteiger partial charge in [0.25, 0.3) is 0 Å². The summed E-state index contributed by atoms with van der Waals surface area (Å²) in [5, 5.41) is 14.6. The smallest absolute Gasteiger partial charge is 0.460 e. The van der Waals surface area contributed by atoms with Crippen LogP contribution in [0.25, 0.3) is 22.2 Å². The summed E-state index contributed by atoms with van der Waals surface area (Å²) in [6.07, 6.45) is 2.12. The third-order valence-corrected chi connectivity index (χ3v) is 7.37. The average molecular weight is 501 g/mol. The third-order valence-electron chi connectivity index (χ3n) is 7.16. The first-order valence-electron chi connectivity index (χ1n) is 12.2. The lowest BCUT2D eigenvalue weighted by atomic mass is 9.79. The summed E-state index contributed by atoms with van der Waals surface area (Å²) < 4.78 is 11.8. The number of hydrogen-bond donors (Lipinski definition) is 2. The number of nitrogens with zero attached hydrogens (tertiary/aromatic N) is 1. The van der Waals surface area contributed by atoms with Crippen LogP contribution in [0, 0.1) is 13.8 Å². The maximum absolute atomic E-state index is 13.2. The quantitative estimate of drug-likeness (QED) is 0.282. The molecule has 2 N–H and O–H groups in total. The molecule has 0 radical (unpaired) electrons. The maximum atomic E-state index is 13.2. The van der Waals surface area contributed by atoms with Crippen molar-refractivity contribution < 1.29 is 14.1 Å². The Morgan fingerprint density at radius 2 is 1.97 bits per heavy atom. The number of pyridine rings is 1. The molecule has 1 unspecified atom stereocenters. The van der Waals surface area contributed by atoms with Crippen LogP contribution < -0.4 is 16.2 Å². The SMILES string of the molecule is Cc1cc(C(C)Nc2ccc(Cl)nc2-c2ccc3c(c2)COB3O)c2oc(C3CC3)c(C)c(=O)c2c1. The number of rotatable bonds is 5. The van der Waals surface area contributed by atoms with Gasteiger partial charge in [0.2, 0.25) is 0 Å². The second kappa shape index (κ2) is 8.77. The summed E-state index contributed by atoms with van der Waals surface area (Å²) in [4.78, 5) is 17.8. The van der Waals surface area contributed by atoms with Gasteiger partial charge in [-0.2, -0.15) is 0 Å². The van der Waals surface area contributed by atoms with E-state index >= 15 is 0 Å². The minimum Gasteiger partial charge on any atom is -0.460 e. The van der Waals surface area contributed by atoms with Gasteiger partial charge in [0.15, 0.2) is 5.43 Å². The van der Waals surface area contributed by atoms with Crippen molar-refractivity contribution in [2.75, 3.05) is 5.32 Å². The molecular weight excluding hydrogens is 475 g/mol. The van der Waals surface area contributed by atoms with Crippen molar-refractivity contribution in [1.82, 2.24) is 4.98 Å². The van der Waals surface area contributed by atoms with E-state index in [2.05, 4.69) is 23.3 Å². The number of hydrogen-bond acceptors (Lipinski definition) is 6. The molecule has 4 aromatic rings. The zero-order valence-corrected chi connectivity index (χ0v) is 21.1. The van der Waals surface area contributed by atoms with Crippen LogP contribution in [0.2, 0.25) is 5.15 Å². The van der Waals surface area contributed by atoms with Crippen LogP contribution in [-0.4, -0.2) is 17.1 Å². The molecule has 2 aromatic heterocycles. The van der Waals surface area contributed by atoms with Gasteiger partial charge in [-0.15, -0.1) is 0 Å². The van der Waals surface area contributed by atoms with Crippen LogP contribution in [0.1, 0.15) is 59.7 Å². The molecule has 1 saturated carbocycles. The van der Waals surface area contributed by atoms with Crippen molar-refractivity contribution in [3.05, 3.63) is 85.9 Å². The van der Waals surface area contributed by atoms with Crippen molar-refractivity contribution in [3.8, 4) is 11.3 Å². The van der Waals surface area contributed by atoms with Gasteiger partial charge in [0.05, 0.1) is 29.4 Å². The van der Waals surface area contributed by atoms with E-state index in [1.165, 1.54) is 0 Å². The van der Waals surface area contributed by atoms with Gasteiger partial charge >= 0.3 is 7.12 Å². The molecule has 6 nitrogen and oxygen atoms in total. The predicted octanol–water partition coefficient (Wildman–Crippen LogP) is 5.39. The monoisotopic (exact) mass is 500 g/mol.